The first-order valence-corrected chi connectivity index (χ1v) is 6.98. The lowest BCUT2D eigenvalue weighted by Crippen LogP contribution is -2.33. The van der Waals surface area contributed by atoms with E-state index >= 15 is 0 Å². The Hall–Kier alpha value is -1.11. The van der Waals surface area contributed by atoms with Gasteiger partial charge < -0.3 is 10.5 Å². The molecule has 2 N–H and O–H groups in total. The van der Waals surface area contributed by atoms with Crippen LogP contribution in [0.3, 0.4) is 0 Å². The van der Waals surface area contributed by atoms with E-state index in [-0.39, 0.29) is 4.90 Å². The lowest BCUT2D eigenvalue weighted by atomic mass is 10.3. The van der Waals surface area contributed by atoms with Crippen molar-refractivity contribution in [3.63, 3.8) is 0 Å². The fourth-order valence-corrected chi connectivity index (χ4v) is 3.31. The first-order chi connectivity index (χ1) is 8.10. The normalized spacial score (nSPS) is 18.8. The van der Waals surface area contributed by atoms with Crippen molar-refractivity contribution in [3.05, 3.63) is 24.3 Å². The molecule has 2 rings (SSSR count). The van der Waals surface area contributed by atoms with E-state index in [2.05, 4.69) is 0 Å². The molecule has 0 radical (unpaired) electrons. The number of hydrogen-bond donors (Lipinski definition) is 1. The molecule has 1 heterocycles. The maximum absolute atomic E-state index is 12.3. The molecule has 0 spiro atoms. The van der Waals surface area contributed by atoms with Gasteiger partial charge in [0.05, 0.1) is 11.5 Å². The Balaban J connectivity index is 2.28. The number of nitrogens with zero attached hydrogens (tertiary/aromatic N) is 1. The standard InChI is InChI=1S/C11H16N2O3S/c12-10-3-1-4-11(9-10)17(14,15)13-5-2-7-16-8-6-13/h1,3-4,9H,2,5-8,12H2. The van der Waals surface area contributed by atoms with Gasteiger partial charge in [-0.2, -0.15) is 4.31 Å². The molecule has 1 aromatic carbocycles. The molecule has 94 valence electrons. The SMILES string of the molecule is Nc1cccc(S(=O)(=O)N2CCCOCC2)c1. The van der Waals surface area contributed by atoms with Crippen LogP contribution in [-0.2, 0) is 14.8 Å². The number of rotatable bonds is 2. The van der Waals surface area contributed by atoms with Gasteiger partial charge in [0, 0.05) is 25.4 Å². The fourth-order valence-electron chi connectivity index (χ4n) is 1.79. The van der Waals surface area contributed by atoms with Crippen molar-refractivity contribution in [2.24, 2.45) is 0 Å². The summed E-state index contributed by atoms with van der Waals surface area (Å²) in [6.45, 7) is 1.96. The smallest absolute Gasteiger partial charge is 0.243 e. The lowest BCUT2D eigenvalue weighted by Gasteiger charge is -2.19. The highest BCUT2D eigenvalue weighted by molar-refractivity contribution is 7.89. The van der Waals surface area contributed by atoms with Gasteiger partial charge in [-0.1, -0.05) is 6.07 Å². The van der Waals surface area contributed by atoms with Crippen LogP contribution in [0.1, 0.15) is 6.42 Å². The van der Waals surface area contributed by atoms with Crippen molar-refractivity contribution < 1.29 is 13.2 Å². The zero-order valence-electron chi connectivity index (χ0n) is 9.50. The zero-order chi connectivity index (χ0) is 12.3. The summed E-state index contributed by atoms with van der Waals surface area (Å²) in [6.07, 6.45) is 0.724. The number of hydrogen-bond acceptors (Lipinski definition) is 4. The minimum atomic E-state index is -3.43. The zero-order valence-corrected chi connectivity index (χ0v) is 10.3. The van der Waals surface area contributed by atoms with Crippen LogP contribution < -0.4 is 5.73 Å². The number of sulfonamides is 1. The second kappa shape index (κ2) is 5.03. The van der Waals surface area contributed by atoms with Gasteiger partial charge in [0.1, 0.15) is 0 Å². The second-order valence-electron chi connectivity index (χ2n) is 3.94. The molecule has 1 aliphatic rings. The van der Waals surface area contributed by atoms with E-state index in [1.54, 1.807) is 18.2 Å². The van der Waals surface area contributed by atoms with Crippen molar-refractivity contribution in [3.8, 4) is 0 Å². The highest BCUT2D eigenvalue weighted by Gasteiger charge is 2.25. The van der Waals surface area contributed by atoms with E-state index in [1.165, 1.54) is 10.4 Å². The number of benzene rings is 1. The Labute approximate surface area is 101 Å². The van der Waals surface area contributed by atoms with E-state index in [9.17, 15) is 8.42 Å². The second-order valence-corrected chi connectivity index (χ2v) is 5.88. The molecule has 1 fully saturated rings. The summed E-state index contributed by atoms with van der Waals surface area (Å²) in [6, 6.07) is 6.37. The van der Waals surface area contributed by atoms with Crippen LogP contribution in [0.2, 0.25) is 0 Å². The summed E-state index contributed by atoms with van der Waals surface area (Å²) < 4.78 is 31.3. The molecule has 17 heavy (non-hydrogen) atoms. The van der Waals surface area contributed by atoms with Crippen molar-refractivity contribution >= 4 is 15.7 Å². The summed E-state index contributed by atoms with van der Waals surface area (Å²) in [5.41, 5.74) is 6.06. The van der Waals surface area contributed by atoms with Gasteiger partial charge in [-0.25, -0.2) is 8.42 Å². The van der Waals surface area contributed by atoms with E-state index in [1.807, 2.05) is 0 Å². The summed E-state index contributed by atoms with van der Waals surface area (Å²) in [5, 5.41) is 0. The molecule has 0 aromatic heterocycles. The highest BCUT2D eigenvalue weighted by Crippen LogP contribution is 2.19. The van der Waals surface area contributed by atoms with E-state index < -0.39 is 10.0 Å². The molecule has 6 heteroatoms. The molecule has 1 aliphatic heterocycles. The third-order valence-corrected chi connectivity index (χ3v) is 4.57. The quantitative estimate of drug-likeness (QED) is 0.790. The molecule has 1 aromatic rings. The molecule has 0 bridgehead atoms. The molecular formula is C11H16N2O3S. The molecule has 1 saturated heterocycles. The minimum absolute atomic E-state index is 0.249. The Bertz CT molecular complexity index is 479. The Kier molecular flexibility index (Phi) is 3.66. The van der Waals surface area contributed by atoms with Crippen LogP contribution in [-0.4, -0.2) is 39.0 Å². The maximum Gasteiger partial charge on any atom is 0.243 e. The third kappa shape index (κ3) is 2.77. The van der Waals surface area contributed by atoms with E-state index in [4.69, 9.17) is 10.5 Å². The maximum atomic E-state index is 12.3. The molecule has 5 nitrogen and oxygen atoms in total. The Morgan fingerprint density at radius 3 is 2.82 bits per heavy atom. The average Bonchev–Trinajstić information content (AvgIpc) is 2.58. The Morgan fingerprint density at radius 2 is 2.06 bits per heavy atom. The number of anilines is 1. The van der Waals surface area contributed by atoms with Gasteiger partial charge in [0.15, 0.2) is 0 Å². The molecule has 0 amide bonds. The van der Waals surface area contributed by atoms with Gasteiger partial charge in [-0.15, -0.1) is 0 Å². The molecule has 0 aliphatic carbocycles. The van der Waals surface area contributed by atoms with Gasteiger partial charge >= 0.3 is 0 Å². The molecule has 0 saturated carbocycles. The Morgan fingerprint density at radius 1 is 1.24 bits per heavy atom. The molecule has 0 atom stereocenters. The number of ether oxygens (including phenoxy) is 1. The van der Waals surface area contributed by atoms with Crippen molar-refractivity contribution in [1.29, 1.82) is 0 Å². The van der Waals surface area contributed by atoms with E-state index in [0.29, 0.717) is 32.0 Å². The highest BCUT2D eigenvalue weighted by atomic mass is 32.2. The van der Waals surface area contributed by atoms with Crippen molar-refractivity contribution in [1.82, 2.24) is 4.31 Å². The first-order valence-electron chi connectivity index (χ1n) is 5.54. The van der Waals surface area contributed by atoms with Crippen LogP contribution in [0.4, 0.5) is 5.69 Å². The topological polar surface area (TPSA) is 72.6 Å². The predicted octanol–water partition coefficient (Wildman–Crippen LogP) is 0.680. The summed E-state index contributed by atoms with van der Waals surface area (Å²) >= 11 is 0. The largest absolute Gasteiger partial charge is 0.399 e. The summed E-state index contributed by atoms with van der Waals surface area (Å²) in [4.78, 5) is 0.249. The minimum Gasteiger partial charge on any atom is -0.399 e. The summed E-state index contributed by atoms with van der Waals surface area (Å²) in [5.74, 6) is 0. The van der Waals surface area contributed by atoms with Crippen LogP contribution in [0.15, 0.2) is 29.2 Å². The van der Waals surface area contributed by atoms with Crippen LogP contribution in [0, 0.1) is 0 Å². The number of nitrogens with two attached hydrogens (primary N) is 1. The monoisotopic (exact) mass is 256 g/mol. The first kappa shape index (κ1) is 12.3. The van der Waals surface area contributed by atoms with Crippen LogP contribution in [0.5, 0.6) is 0 Å². The van der Waals surface area contributed by atoms with Gasteiger partial charge in [-0.3, -0.25) is 0 Å². The summed E-state index contributed by atoms with van der Waals surface area (Å²) in [7, 11) is -3.43. The van der Waals surface area contributed by atoms with Gasteiger partial charge in [0.25, 0.3) is 0 Å². The van der Waals surface area contributed by atoms with Crippen LogP contribution >= 0.6 is 0 Å². The molecule has 0 unspecified atom stereocenters. The average molecular weight is 256 g/mol. The fraction of sp³-hybridized carbons (Fsp3) is 0.455. The van der Waals surface area contributed by atoms with Crippen LogP contribution in [0.25, 0.3) is 0 Å². The van der Waals surface area contributed by atoms with Crippen molar-refractivity contribution in [2.45, 2.75) is 11.3 Å². The lowest BCUT2D eigenvalue weighted by molar-refractivity contribution is 0.148. The van der Waals surface area contributed by atoms with E-state index in [0.717, 1.165) is 6.42 Å². The number of nitrogen functional groups attached to an aromatic ring is 1. The van der Waals surface area contributed by atoms with Gasteiger partial charge in [-0.05, 0) is 24.6 Å². The predicted molar refractivity (Wildman–Crippen MR) is 65.0 cm³/mol. The van der Waals surface area contributed by atoms with Crippen molar-refractivity contribution in [2.75, 3.05) is 32.0 Å². The molecular weight excluding hydrogens is 240 g/mol. The third-order valence-electron chi connectivity index (χ3n) is 2.68. The van der Waals surface area contributed by atoms with Gasteiger partial charge in [0.2, 0.25) is 10.0 Å².